The van der Waals surface area contributed by atoms with Gasteiger partial charge in [0.1, 0.15) is 16.7 Å². The molecule has 11 heteroatoms. The van der Waals surface area contributed by atoms with E-state index in [2.05, 4.69) is 9.69 Å². The Bertz CT molecular complexity index is 1270. The van der Waals surface area contributed by atoms with E-state index in [9.17, 15) is 14.4 Å². The normalized spacial score (nSPS) is 15.7. The van der Waals surface area contributed by atoms with Crippen molar-refractivity contribution in [3.8, 4) is 5.75 Å². The third-order valence-electron chi connectivity index (χ3n) is 6.15. The maximum atomic E-state index is 14.0. The molecule has 2 heterocycles. The number of rotatable bonds is 9. The second-order valence-corrected chi connectivity index (χ2v) is 9.48. The zero-order chi connectivity index (χ0) is 26.5. The number of hydrogen-bond acceptors (Lipinski definition) is 8. The van der Waals surface area contributed by atoms with Crippen LogP contribution in [0.15, 0.2) is 48.5 Å². The summed E-state index contributed by atoms with van der Waals surface area (Å²) in [5.41, 5.74) is 13.2. The van der Waals surface area contributed by atoms with Crippen LogP contribution >= 0.6 is 11.5 Å². The Kier molecular flexibility index (Phi) is 8.04. The molecule has 1 aliphatic heterocycles. The number of aromatic nitrogens is 1. The molecule has 3 aromatic rings. The number of nitrogens with zero attached hydrogens (tertiary/aromatic N) is 2. The van der Waals surface area contributed by atoms with E-state index in [1.807, 2.05) is 19.1 Å². The minimum absolute atomic E-state index is 0.0137. The molecule has 1 aromatic heterocycles. The zero-order valence-electron chi connectivity index (χ0n) is 20.6. The molecule has 2 aromatic carbocycles. The molecule has 0 saturated carbocycles. The van der Waals surface area contributed by atoms with Crippen LogP contribution in [-0.4, -0.2) is 48.5 Å². The van der Waals surface area contributed by atoms with Gasteiger partial charge in [-0.1, -0.05) is 29.8 Å². The predicted octanol–water partition coefficient (Wildman–Crippen LogP) is 2.82. The van der Waals surface area contributed by atoms with E-state index in [4.69, 9.17) is 20.9 Å². The van der Waals surface area contributed by atoms with E-state index in [0.29, 0.717) is 30.2 Å². The maximum Gasteiger partial charge on any atom is 0.273 e. The first-order valence-electron chi connectivity index (χ1n) is 11.8. The summed E-state index contributed by atoms with van der Waals surface area (Å²) >= 11 is 0.764. The fourth-order valence-corrected chi connectivity index (χ4v) is 4.89. The molecule has 3 amide bonds. The lowest BCUT2D eigenvalue weighted by atomic mass is 10.0. The Morgan fingerprint density at radius 1 is 1.19 bits per heavy atom. The van der Waals surface area contributed by atoms with E-state index in [1.54, 1.807) is 43.5 Å². The van der Waals surface area contributed by atoms with Gasteiger partial charge >= 0.3 is 0 Å². The van der Waals surface area contributed by atoms with Crippen molar-refractivity contribution in [1.82, 2.24) is 9.69 Å². The Morgan fingerprint density at radius 2 is 1.89 bits per heavy atom. The number of carbonyl (C=O) groups is 3. The van der Waals surface area contributed by atoms with Gasteiger partial charge in [0.25, 0.3) is 11.8 Å². The van der Waals surface area contributed by atoms with Gasteiger partial charge in [-0.25, -0.2) is 0 Å². The zero-order valence-corrected chi connectivity index (χ0v) is 21.4. The number of ether oxygens (including phenoxy) is 2. The summed E-state index contributed by atoms with van der Waals surface area (Å²) in [6.07, 6.45) is 1.70. The molecule has 0 radical (unpaired) electrons. The number of nitrogens with one attached hydrogen (secondary N) is 1. The Balaban J connectivity index is 1.80. The number of aryl methyl sites for hydroxylation is 1. The van der Waals surface area contributed by atoms with Gasteiger partial charge in [0.2, 0.25) is 5.91 Å². The first-order valence-corrected chi connectivity index (χ1v) is 12.6. The molecule has 10 nitrogen and oxygen atoms in total. The van der Waals surface area contributed by atoms with Crippen molar-refractivity contribution in [3.63, 3.8) is 0 Å². The van der Waals surface area contributed by atoms with Crippen LogP contribution in [0.4, 0.5) is 11.4 Å². The highest BCUT2D eigenvalue weighted by Gasteiger charge is 2.36. The highest BCUT2D eigenvalue weighted by atomic mass is 32.1. The minimum Gasteiger partial charge on any atom is -0.497 e. The van der Waals surface area contributed by atoms with Gasteiger partial charge in [0.15, 0.2) is 5.69 Å². The molecule has 0 aliphatic carbocycles. The quantitative estimate of drug-likeness (QED) is 0.390. The van der Waals surface area contributed by atoms with Crippen molar-refractivity contribution < 1.29 is 23.9 Å². The molecule has 4 rings (SSSR count). The van der Waals surface area contributed by atoms with Crippen LogP contribution in [0.1, 0.15) is 50.2 Å². The van der Waals surface area contributed by atoms with E-state index < -0.39 is 23.8 Å². The molecule has 1 aliphatic rings. The largest absolute Gasteiger partial charge is 0.497 e. The first kappa shape index (κ1) is 26.1. The van der Waals surface area contributed by atoms with Crippen LogP contribution < -0.4 is 26.4 Å². The van der Waals surface area contributed by atoms with E-state index >= 15 is 0 Å². The van der Waals surface area contributed by atoms with Crippen LogP contribution in [0.2, 0.25) is 0 Å². The number of benzene rings is 2. The molecule has 0 bridgehead atoms. The lowest BCUT2D eigenvalue weighted by molar-refractivity contribution is -0.123. The van der Waals surface area contributed by atoms with E-state index in [1.165, 1.54) is 4.90 Å². The molecule has 0 spiro atoms. The Morgan fingerprint density at radius 3 is 2.46 bits per heavy atom. The lowest BCUT2D eigenvalue weighted by Crippen LogP contribution is -2.45. The summed E-state index contributed by atoms with van der Waals surface area (Å²) in [6, 6.07) is 13.0. The van der Waals surface area contributed by atoms with Gasteiger partial charge in [0.05, 0.1) is 18.9 Å². The van der Waals surface area contributed by atoms with Crippen molar-refractivity contribution in [3.05, 3.63) is 70.2 Å². The first-order chi connectivity index (χ1) is 17.8. The Labute approximate surface area is 218 Å². The number of nitrogens with two attached hydrogens (primary N) is 2. The summed E-state index contributed by atoms with van der Waals surface area (Å²) in [6.45, 7) is 2.89. The van der Waals surface area contributed by atoms with Gasteiger partial charge < -0.3 is 26.3 Å². The van der Waals surface area contributed by atoms with Gasteiger partial charge in [-0.2, -0.15) is 4.37 Å². The predicted molar refractivity (Wildman–Crippen MR) is 141 cm³/mol. The van der Waals surface area contributed by atoms with Crippen molar-refractivity contribution in [2.45, 2.75) is 31.9 Å². The van der Waals surface area contributed by atoms with Gasteiger partial charge in [-0.3, -0.25) is 19.3 Å². The van der Waals surface area contributed by atoms with Crippen molar-refractivity contribution in [2.24, 2.45) is 5.73 Å². The van der Waals surface area contributed by atoms with Crippen molar-refractivity contribution >= 4 is 40.6 Å². The van der Waals surface area contributed by atoms with Crippen LogP contribution in [0.25, 0.3) is 0 Å². The second-order valence-electron chi connectivity index (χ2n) is 8.70. The number of nitrogen functional groups attached to an aromatic ring is 1. The number of amides is 3. The number of carbonyl (C=O) groups excluding carboxylic acids is 3. The summed E-state index contributed by atoms with van der Waals surface area (Å²) < 4.78 is 14.9. The van der Waals surface area contributed by atoms with Gasteiger partial charge in [-0.05, 0) is 61.1 Å². The summed E-state index contributed by atoms with van der Waals surface area (Å²) in [4.78, 5) is 40.9. The highest BCUT2D eigenvalue weighted by molar-refractivity contribution is 7.09. The van der Waals surface area contributed by atoms with Gasteiger partial charge in [-0.15, -0.1) is 0 Å². The van der Waals surface area contributed by atoms with E-state index in [0.717, 1.165) is 29.9 Å². The number of methoxy groups -OCH3 is 1. The lowest BCUT2D eigenvalue weighted by Gasteiger charge is -2.31. The smallest absolute Gasteiger partial charge is 0.273 e. The van der Waals surface area contributed by atoms with Crippen molar-refractivity contribution in [2.75, 3.05) is 30.9 Å². The average Bonchev–Trinajstić information content (AvgIpc) is 3.56. The average molecular weight is 524 g/mol. The monoisotopic (exact) mass is 523 g/mol. The van der Waals surface area contributed by atoms with E-state index in [-0.39, 0.29) is 22.4 Å². The maximum absolute atomic E-state index is 14.0. The number of anilines is 2. The summed E-state index contributed by atoms with van der Waals surface area (Å²) in [7, 11) is 1.55. The SMILES string of the molecule is COc1ccc(C(C(=O)NCC2CCCO2)N(C(=O)c2snc(C(N)=O)c2N)c2ccc(C)cc2)cc1. The third-order valence-corrected chi connectivity index (χ3v) is 7.00. The Hall–Kier alpha value is -3.96. The molecule has 5 N–H and O–H groups in total. The molecule has 37 heavy (non-hydrogen) atoms. The topological polar surface area (TPSA) is 150 Å². The summed E-state index contributed by atoms with van der Waals surface area (Å²) in [5.74, 6) is -1.21. The standard InChI is InChI=1S/C26H29N5O5S/c1-15-5-9-17(10-6-15)31(26(34)23-20(27)21(24(28)32)30-37-23)22(16-7-11-18(35-2)12-8-16)25(33)29-14-19-4-3-13-36-19/h5-12,19,22H,3-4,13-14,27H2,1-2H3,(H2,28,32)(H,29,33). The highest BCUT2D eigenvalue weighted by Crippen LogP contribution is 2.34. The van der Waals surface area contributed by atoms with Crippen LogP contribution in [0.3, 0.4) is 0 Å². The summed E-state index contributed by atoms with van der Waals surface area (Å²) in [5, 5.41) is 2.95. The molecule has 2 atom stereocenters. The van der Waals surface area contributed by atoms with Crippen LogP contribution in [0, 0.1) is 6.92 Å². The third kappa shape index (κ3) is 5.73. The molecular formula is C26H29N5O5S. The molecule has 2 unspecified atom stereocenters. The number of hydrogen-bond donors (Lipinski definition) is 3. The minimum atomic E-state index is -1.07. The van der Waals surface area contributed by atoms with Gasteiger partial charge in [0, 0.05) is 18.8 Å². The molecular weight excluding hydrogens is 494 g/mol. The molecule has 1 fully saturated rings. The van der Waals surface area contributed by atoms with Crippen molar-refractivity contribution in [1.29, 1.82) is 0 Å². The molecule has 194 valence electrons. The fourth-order valence-electron chi connectivity index (χ4n) is 4.15. The second kappa shape index (κ2) is 11.4. The van der Waals surface area contributed by atoms with Crippen LogP contribution in [0.5, 0.6) is 5.75 Å². The molecule has 1 saturated heterocycles. The van der Waals surface area contributed by atoms with Crippen LogP contribution in [-0.2, 0) is 9.53 Å². The number of primary amides is 1. The fraction of sp³-hybridized carbons (Fsp3) is 0.308.